The van der Waals surface area contributed by atoms with Crippen LogP contribution in [-0.2, 0) is 4.79 Å². The van der Waals surface area contributed by atoms with Crippen molar-refractivity contribution in [3.63, 3.8) is 0 Å². The first kappa shape index (κ1) is 13.7. The van der Waals surface area contributed by atoms with E-state index in [-0.39, 0.29) is 5.54 Å². The summed E-state index contributed by atoms with van der Waals surface area (Å²) in [6, 6.07) is 0. The molecule has 0 aromatic carbocycles. The Morgan fingerprint density at radius 1 is 1.19 bits per heavy atom. The zero-order valence-corrected chi connectivity index (χ0v) is 11.4. The number of carbonyl (C=O) groups is 1. The predicted octanol–water partition coefficient (Wildman–Crippen LogP) is 3.26. The molecule has 0 amide bonds. The zero-order valence-electron chi connectivity index (χ0n) is 11.4. The van der Waals surface area contributed by atoms with Crippen LogP contribution in [-0.4, -0.2) is 29.3 Å². The molecule has 0 N–H and O–H groups in total. The Labute approximate surface area is 100 Å². The highest BCUT2D eigenvalue weighted by Crippen LogP contribution is 2.31. The SMILES string of the molecule is CCC(CC)(C(=O)CC(C)C)N1CCCC1. The van der Waals surface area contributed by atoms with Gasteiger partial charge in [-0.1, -0.05) is 27.7 Å². The minimum atomic E-state index is -0.152. The number of nitrogens with zero attached hydrogens (tertiary/aromatic N) is 1. The largest absolute Gasteiger partial charge is 0.298 e. The number of rotatable bonds is 6. The number of hydrogen-bond donors (Lipinski definition) is 0. The summed E-state index contributed by atoms with van der Waals surface area (Å²) < 4.78 is 0. The van der Waals surface area contributed by atoms with Crippen LogP contribution in [0.2, 0.25) is 0 Å². The van der Waals surface area contributed by atoms with Crippen LogP contribution in [0.25, 0.3) is 0 Å². The molecule has 1 aliphatic heterocycles. The molecule has 1 saturated heterocycles. The molecule has 2 heteroatoms. The van der Waals surface area contributed by atoms with Gasteiger partial charge in [0.15, 0.2) is 5.78 Å². The number of ketones is 1. The molecule has 0 bridgehead atoms. The molecule has 1 heterocycles. The second-order valence-electron chi connectivity index (χ2n) is 5.45. The number of hydrogen-bond acceptors (Lipinski definition) is 2. The summed E-state index contributed by atoms with van der Waals surface area (Å²) >= 11 is 0. The molecule has 0 atom stereocenters. The van der Waals surface area contributed by atoms with E-state index < -0.39 is 0 Å². The third-order valence-corrected chi connectivity index (χ3v) is 3.99. The van der Waals surface area contributed by atoms with Gasteiger partial charge in [-0.05, 0) is 44.7 Å². The summed E-state index contributed by atoms with van der Waals surface area (Å²) in [5.74, 6) is 0.946. The minimum absolute atomic E-state index is 0.152. The van der Waals surface area contributed by atoms with Gasteiger partial charge < -0.3 is 0 Å². The van der Waals surface area contributed by atoms with Gasteiger partial charge in [-0.2, -0.15) is 0 Å². The van der Waals surface area contributed by atoms with Crippen molar-refractivity contribution < 1.29 is 4.79 Å². The van der Waals surface area contributed by atoms with E-state index in [1.165, 1.54) is 12.8 Å². The van der Waals surface area contributed by atoms with Crippen LogP contribution in [0.15, 0.2) is 0 Å². The summed E-state index contributed by atoms with van der Waals surface area (Å²) in [4.78, 5) is 14.9. The second-order valence-corrected chi connectivity index (χ2v) is 5.45. The molecule has 0 aliphatic carbocycles. The van der Waals surface area contributed by atoms with E-state index in [0.29, 0.717) is 11.7 Å². The second kappa shape index (κ2) is 5.81. The molecular weight excluding hydrogens is 198 g/mol. The van der Waals surface area contributed by atoms with Crippen LogP contribution in [0, 0.1) is 5.92 Å². The van der Waals surface area contributed by atoms with Crippen molar-refractivity contribution in [2.45, 2.75) is 65.3 Å². The van der Waals surface area contributed by atoms with Crippen molar-refractivity contribution in [2.75, 3.05) is 13.1 Å². The average Bonchev–Trinajstić information content (AvgIpc) is 2.73. The molecule has 2 nitrogen and oxygen atoms in total. The maximum Gasteiger partial charge on any atom is 0.153 e. The van der Waals surface area contributed by atoms with E-state index in [1.807, 2.05) is 0 Å². The lowest BCUT2D eigenvalue weighted by molar-refractivity contribution is -0.132. The van der Waals surface area contributed by atoms with Crippen molar-refractivity contribution in [3.8, 4) is 0 Å². The molecule has 0 unspecified atom stereocenters. The lowest BCUT2D eigenvalue weighted by Crippen LogP contribution is -2.53. The maximum absolute atomic E-state index is 12.5. The van der Waals surface area contributed by atoms with Gasteiger partial charge in [0.25, 0.3) is 0 Å². The van der Waals surface area contributed by atoms with Crippen LogP contribution >= 0.6 is 0 Å². The highest BCUT2D eigenvalue weighted by molar-refractivity contribution is 5.88. The van der Waals surface area contributed by atoms with Gasteiger partial charge in [0.2, 0.25) is 0 Å². The monoisotopic (exact) mass is 225 g/mol. The highest BCUT2D eigenvalue weighted by Gasteiger charge is 2.41. The van der Waals surface area contributed by atoms with Crippen LogP contribution in [0.5, 0.6) is 0 Å². The normalized spacial score (nSPS) is 18.3. The van der Waals surface area contributed by atoms with Gasteiger partial charge in [0.05, 0.1) is 5.54 Å². The van der Waals surface area contributed by atoms with E-state index in [0.717, 1.165) is 32.4 Å². The quantitative estimate of drug-likeness (QED) is 0.691. The minimum Gasteiger partial charge on any atom is -0.298 e. The first-order valence-electron chi connectivity index (χ1n) is 6.85. The van der Waals surface area contributed by atoms with Gasteiger partial charge in [-0.25, -0.2) is 0 Å². The van der Waals surface area contributed by atoms with Crippen LogP contribution in [0.1, 0.15) is 59.8 Å². The van der Waals surface area contributed by atoms with E-state index in [9.17, 15) is 4.79 Å². The van der Waals surface area contributed by atoms with Crippen LogP contribution < -0.4 is 0 Å². The third-order valence-electron chi connectivity index (χ3n) is 3.99. The first-order valence-corrected chi connectivity index (χ1v) is 6.85. The highest BCUT2D eigenvalue weighted by atomic mass is 16.1. The molecule has 94 valence electrons. The Morgan fingerprint density at radius 3 is 2.06 bits per heavy atom. The molecule has 0 aromatic heterocycles. The van der Waals surface area contributed by atoms with Crippen molar-refractivity contribution in [1.82, 2.24) is 4.90 Å². The van der Waals surface area contributed by atoms with Crippen molar-refractivity contribution in [2.24, 2.45) is 5.92 Å². The Kier molecular flexibility index (Phi) is 4.97. The number of carbonyl (C=O) groups excluding carboxylic acids is 1. The van der Waals surface area contributed by atoms with E-state index in [2.05, 4.69) is 32.6 Å². The van der Waals surface area contributed by atoms with E-state index >= 15 is 0 Å². The predicted molar refractivity (Wildman–Crippen MR) is 68.6 cm³/mol. The summed E-state index contributed by atoms with van der Waals surface area (Å²) in [7, 11) is 0. The van der Waals surface area contributed by atoms with Gasteiger partial charge in [0, 0.05) is 6.42 Å². The van der Waals surface area contributed by atoms with Gasteiger partial charge in [-0.3, -0.25) is 9.69 Å². The number of likely N-dealkylation sites (tertiary alicyclic amines) is 1. The standard InChI is InChI=1S/C14H27NO/c1-5-14(6-2,13(16)11-12(3)4)15-9-7-8-10-15/h12H,5-11H2,1-4H3. The smallest absolute Gasteiger partial charge is 0.153 e. The van der Waals surface area contributed by atoms with Gasteiger partial charge >= 0.3 is 0 Å². The average molecular weight is 225 g/mol. The maximum atomic E-state index is 12.5. The molecule has 0 spiro atoms. The Balaban J connectivity index is 2.81. The molecule has 16 heavy (non-hydrogen) atoms. The van der Waals surface area contributed by atoms with Crippen LogP contribution in [0.3, 0.4) is 0 Å². The Bertz CT molecular complexity index is 225. The van der Waals surface area contributed by atoms with Gasteiger partial charge in [0.1, 0.15) is 0 Å². The van der Waals surface area contributed by atoms with Crippen molar-refractivity contribution in [3.05, 3.63) is 0 Å². The summed E-state index contributed by atoms with van der Waals surface area (Å²) in [5.41, 5.74) is -0.152. The number of Topliss-reactive ketones (excluding diaryl/α,β-unsaturated/α-hetero) is 1. The molecule has 1 rings (SSSR count). The summed E-state index contributed by atoms with van der Waals surface area (Å²) in [5, 5.41) is 0. The first-order chi connectivity index (χ1) is 7.56. The topological polar surface area (TPSA) is 20.3 Å². The molecule has 1 fully saturated rings. The van der Waals surface area contributed by atoms with Crippen molar-refractivity contribution >= 4 is 5.78 Å². The van der Waals surface area contributed by atoms with E-state index in [4.69, 9.17) is 0 Å². The van der Waals surface area contributed by atoms with E-state index in [1.54, 1.807) is 0 Å². The fourth-order valence-electron chi connectivity index (χ4n) is 2.97. The lowest BCUT2D eigenvalue weighted by Gasteiger charge is -2.40. The summed E-state index contributed by atoms with van der Waals surface area (Å²) in [6.45, 7) is 10.8. The molecule has 1 aliphatic rings. The summed E-state index contributed by atoms with van der Waals surface area (Å²) in [6.07, 6.45) is 5.19. The lowest BCUT2D eigenvalue weighted by atomic mass is 9.82. The molecule has 0 saturated carbocycles. The van der Waals surface area contributed by atoms with Crippen molar-refractivity contribution in [1.29, 1.82) is 0 Å². The van der Waals surface area contributed by atoms with Crippen LogP contribution in [0.4, 0.5) is 0 Å². The third kappa shape index (κ3) is 2.65. The zero-order chi connectivity index (χ0) is 12.2. The fourth-order valence-corrected chi connectivity index (χ4v) is 2.97. The molecule has 0 aromatic rings. The van der Waals surface area contributed by atoms with Gasteiger partial charge in [-0.15, -0.1) is 0 Å². The Hall–Kier alpha value is -0.370. The molecular formula is C14H27NO. The molecule has 0 radical (unpaired) electrons. The Morgan fingerprint density at radius 2 is 1.69 bits per heavy atom. The fraction of sp³-hybridized carbons (Fsp3) is 0.929.